The monoisotopic (exact) mass is 263 g/mol. The van der Waals surface area contributed by atoms with Crippen LogP contribution in [-0.2, 0) is 0 Å². The Labute approximate surface area is 111 Å². The highest BCUT2D eigenvalue weighted by Crippen LogP contribution is 2.21. The van der Waals surface area contributed by atoms with E-state index < -0.39 is 17.7 Å². The van der Waals surface area contributed by atoms with Crippen LogP contribution in [0.2, 0.25) is 0 Å². The Hall–Kier alpha value is -1.94. The van der Waals surface area contributed by atoms with Gasteiger partial charge in [0.15, 0.2) is 0 Å². The van der Waals surface area contributed by atoms with E-state index in [2.05, 4.69) is 5.32 Å². The Balaban J connectivity index is 2.12. The molecule has 2 aromatic carbocycles. The molecule has 0 heterocycles. The van der Waals surface area contributed by atoms with Gasteiger partial charge in [-0.15, -0.1) is 0 Å². The minimum Gasteiger partial charge on any atom is -0.492 e. The van der Waals surface area contributed by atoms with Gasteiger partial charge in [-0.25, -0.2) is 8.78 Å². The first-order chi connectivity index (χ1) is 9.22. The van der Waals surface area contributed by atoms with E-state index in [0.29, 0.717) is 5.75 Å². The second kappa shape index (κ2) is 6.29. The third kappa shape index (κ3) is 3.29. The molecule has 0 saturated heterocycles. The van der Waals surface area contributed by atoms with Crippen molar-refractivity contribution >= 4 is 0 Å². The highest BCUT2D eigenvalue weighted by atomic mass is 19.1. The van der Waals surface area contributed by atoms with E-state index in [9.17, 15) is 8.78 Å². The molecular formula is C15H15F2NO. The summed E-state index contributed by atoms with van der Waals surface area (Å²) in [5.74, 6) is -0.480. The zero-order chi connectivity index (χ0) is 13.7. The van der Waals surface area contributed by atoms with Crippen LogP contribution in [0, 0.1) is 11.6 Å². The molecule has 19 heavy (non-hydrogen) atoms. The van der Waals surface area contributed by atoms with Crippen molar-refractivity contribution < 1.29 is 13.5 Å². The number of halogens is 2. The summed E-state index contributed by atoms with van der Waals surface area (Å²) in [5, 5.41) is 2.87. The van der Waals surface area contributed by atoms with Crippen LogP contribution >= 0.6 is 0 Å². The van der Waals surface area contributed by atoms with Crippen molar-refractivity contribution in [3.8, 4) is 5.75 Å². The molecule has 1 unspecified atom stereocenters. The summed E-state index contributed by atoms with van der Waals surface area (Å²) in [4.78, 5) is 0. The fourth-order valence-corrected chi connectivity index (χ4v) is 1.85. The van der Waals surface area contributed by atoms with Gasteiger partial charge in [-0.1, -0.05) is 24.3 Å². The molecule has 2 nitrogen and oxygen atoms in total. The number of ether oxygens (including phenoxy) is 1. The predicted octanol–water partition coefficient (Wildman–Crippen LogP) is 3.30. The number of nitrogens with one attached hydrogen (secondary N) is 1. The van der Waals surface area contributed by atoms with Crippen LogP contribution in [-0.4, -0.2) is 13.7 Å². The molecule has 0 bridgehead atoms. The standard InChI is InChI=1S/C15H15F2NO/c1-18-14(10-19-11-6-3-2-4-7-11)15-12(16)8-5-9-13(15)17/h2-9,14,18H,10H2,1H3. The Morgan fingerprint density at radius 3 is 2.21 bits per heavy atom. The topological polar surface area (TPSA) is 21.3 Å². The summed E-state index contributed by atoms with van der Waals surface area (Å²) >= 11 is 0. The minimum atomic E-state index is -0.573. The van der Waals surface area contributed by atoms with Crippen molar-refractivity contribution in [3.63, 3.8) is 0 Å². The van der Waals surface area contributed by atoms with Crippen LogP contribution in [0.25, 0.3) is 0 Å². The van der Waals surface area contributed by atoms with E-state index in [1.54, 1.807) is 19.2 Å². The molecule has 0 radical (unpaired) electrons. The van der Waals surface area contributed by atoms with Gasteiger partial charge in [0.1, 0.15) is 24.0 Å². The van der Waals surface area contributed by atoms with Gasteiger partial charge in [-0.3, -0.25) is 0 Å². The lowest BCUT2D eigenvalue weighted by Gasteiger charge is -2.18. The van der Waals surface area contributed by atoms with Gasteiger partial charge >= 0.3 is 0 Å². The molecule has 0 aromatic heterocycles. The Morgan fingerprint density at radius 1 is 1.00 bits per heavy atom. The maximum absolute atomic E-state index is 13.7. The molecule has 1 N–H and O–H groups in total. The van der Waals surface area contributed by atoms with E-state index in [0.717, 1.165) is 0 Å². The lowest BCUT2D eigenvalue weighted by Crippen LogP contribution is -2.25. The number of para-hydroxylation sites is 1. The molecular weight excluding hydrogens is 248 g/mol. The van der Waals surface area contributed by atoms with E-state index in [-0.39, 0.29) is 12.2 Å². The van der Waals surface area contributed by atoms with Crippen LogP contribution < -0.4 is 10.1 Å². The Kier molecular flexibility index (Phi) is 4.47. The summed E-state index contributed by atoms with van der Waals surface area (Å²) in [5.41, 5.74) is 0.000862. The first-order valence-electron chi connectivity index (χ1n) is 6.01. The summed E-state index contributed by atoms with van der Waals surface area (Å²) in [6, 6.07) is 12.4. The molecule has 0 spiro atoms. The summed E-state index contributed by atoms with van der Waals surface area (Å²) < 4.78 is 32.9. The Morgan fingerprint density at radius 2 is 1.63 bits per heavy atom. The van der Waals surface area contributed by atoms with Gasteiger partial charge < -0.3 is 10.1 Å². The van der Waals surface area contributed by atoms with Crippen LogP contribution in [0.3, 0.4) is 0 Å². The van der Waals surface area contributed by atoms with Crippen molar-refractivity contribution in [1.29, 1.82) is 0 Å². The third-order valence-electron chi connectivity index (χ3n) is 2.86. The summed E-state index contributed by atoms with van der Waals surface area (Å²) in [7, 11) is 1.64. The number of likely N-dealkylation sites (N-methyl/N-ethyl adjacent to an activating group) is 1. The first-order valence-corrected chi connectivity index (χ1v) is 6.01. The van der Waals surface area contributed by atoms with Crippen molar-refractivity contribution in [3.05, 3.63) is 65.7 Å². The second-order valence-electron chi connectivity index (χ2n) is 4.10. The third-order valence-corrected chi connectivity index (χ3v) is 2.86. The molecule has 4 heteroatoms. The minimum absolute atomic E-state index is 0.000862. The summed E-state index contributed by atoms with van der Waals surface area (Å²) in [6.45, 7) is 0.151. The quantitative estimate of drug-likeness (QED) is 0.893. The Bertz CT molecular complexity index is 511. The van der Waals surface area contributed by atoms with Crippen molar-refractivity contribution in [2.24, 2.45) is 0 Å². The highest BCUT2D eigenvalue weighted by Gasteiger charge is 2.19. The van der Waals surface area contributed by atoms with Crippen LogP contribution in [0.15, 0.2) is 48.5 Å². The first kappa shape index (κ1) is 13.5. The number of benzene rings is 2. The van der Waals surface area contributed by atoms with Gasteiger partial charge in [0, 0.05) is 5.56 Å². The van der Waals surface area contributed by atoms with Gasteiger partial charge in [0.25, 0.3) is 0 Å². The molecule has 1 atom stereocenters. The molecule has 2 aromatic rings. The molecule has 0 amide bonds. The molecule has 0 aliphatic carbocycles. The largest absolute Gasteiger partial charge is 0.492 e. The highest BCUT2D eigenvalue weighted by molar-refractivity contribution is 5.25. The van der Waals surface area contributed by atoms with Crippen molar-refractivity contribution in [1.82, 2.24) is 5.32 Å². The number of hydrogen-bond donors (Lipinski definition) is 1. The van der Waals surface area contributed by atoms with Crippen LogP contribution in [0.1, 0.15) is 11.6 Å². The van der Waals surface area contributed by atoms with E-state index in [1.165, 1.54) is 18.2 Å². The molecule has 0 aliphatic heterocycles. The average Bonchev–Trinajstić information content (AvgIpc) is 2.43. The lowest BCUT2D eigenvalue weighted by atomic mass is 10.1. The SMILES string of the molecule is CNC(COc1ccccc1)c1c(F)cccc1F. The van der Waals surface area contributed by atoms with Gasteiger partial charge in [0.2, 0.25) is 0 Å². The summed E-state index contributed by atoms with van der Waals surface area (Å²) in [6.07, 6.45) is 0. The molecule has 0 saturated carbocycles. The number of rotatable bonds is 5. The fourth-order valence-electron chi connectivity index (χ4n) is 1.85. The molecule has 2 rings (SSSR count). The van der Waals surface area contributed by atoms with E-state index in [1.807, 2.05) is 18.2 Å². The van der Waals surface area contributed by atoms with Crippen LogP contribution in [0.4, 0.5) is 8.78 Å². The van der Waals surface area contributed by atoms with E-state index in [4.69, 9.17) is 4.74 Å². The van der Waals surface area contributed by atoms with Crippen LogP contribution in [0.5, 0.6) is 5.75 Å². The second-order valence-corrected chi connectivity index (χ2v) is 4.10. The van der Waals surface area contributed by atoms with Gasteiger partial charge in [-0.2, -0.15) is 0 Å². The molecule has 0 aliphatic rings. The zero-order valence-corrected chi connectivity index (χ0v) is 10.6. The van der Waals surface area contributed by atoms with E-state index >= 15 is 0 Å². The molecule has 0 fully saturated rings. The van der Waals surface area contributed by atoms with Crippen molar-refractivity contribution in [2.75, 3.05) is 13.7 Å². The lowest BCUT2D eigenvalue weighted by molar-refractivity contribution is 0.266. The van der Waals surface area contributed by atoms with Gasteiger partial charge in [-0.05, 0) is 31.3 Å². The van der Waals surface area contributed by atoms with Crippen molar-refractivity contribution in [2.45, 2.75) is 6.04 Å². The zero-order valence-electron chi connectivity index (χ0n) is 10.6. The maximum atomic E-state index is 13.7. The predicted molar refractivity (Wildman–Crippen MR) is 70.1 cm³/mol. The fraction of sp³-hybridized carbons (Fsp3) is 0.200. The van der Waals surface area contributed by atoms with Gasteiger partial charge in [0.05, 0.1) is 6.04 Å². The number of hydrogen-bond acceptors (Lipinski definition) is 2. The maximum Gasteiger partial charge on any atom is 0.131 e. The average molecular weight is 263 g/mol. The normalized spacial score (nSPS) is 12.2. The smallest absolute Gasteiger partial charge is 0.131 e. The molecule has 100 valence electrons.